The molecule has 2 aromatic heterocycles. The average Bonchev–Trinajstić information content (AvgIpc) is 2.62. The van der Waals surface area contributed by atoms with Crippen LogP contribution in [0.25, 0.3) is 11.3 Å². The summed E-state index contributed by atoms with van der Waals surface area (Å²) in [5.74, 6) is 1.59. The fourth-order valence-electron chi connectivity index (χ4n) is 2.28. The monoisotopic (exact) mass is 337 g/mol. The van der Waals surface area contributed by atoms with Gasteiger partial charge in [0.2, 0.25) is 0 Å². The van der Waals surface area contributed by atoms with Gasteiger partial charge in [-0.1, -0.05) is 23.9 Å². The van der Waals surface area contributed by atoms with Gasteiger partial charge in [0.15, 0.2) is 0 Å². The minimum Gasteiger partial charge on any atom is -0.496 e. The Morgan fingerprint density at radius 1 is 0.958 bits per heavy atom. The molecule has 0 bridgehead atoms. The van der Waals surface area contributed by atoms with Crippen LogP contribution in [0.15, 0.2) is 53.7 Å². The zero-order valence-electron chi connectivity index (χ0n) is 14.0. The lowest BCUT2D eigenvalue weighted by Gasteiger charge is -2.08. The second-order valence-corrected chi connectivity index (χ2v) is 6.57. The average molecular weight is 337 g/mol. The van der Waals surface area contributed by atoms with Gasteiger partial charge in [-0.05, 0) is 55.3 Å². The zero-order valence-corrected chi connectivity index (χ0v) is 14.8. The summed E-state index contributed by atoms with van der Waals surface area (Å²) in [4.78, 5) is 4.40. The Morgan fingerprint density at radius 2 is 1.79 bits per heavy atom. The topological polar surface area (TPSA) is 47.9 Å². The molecule has 0 aliphatic rings. The SMILES string of the molecule is COc1cc(C)ccc1-c1ccc(SCc2ccc(C)cn2)nn1. The van der Waals surface area contributed by atoms with Crippen molar-refractivity contribution in [3.8, 4) is 17.0 Å². The van der Waals surface area contributed by atoms with Gasteiger partial charge in [-0.15, -0.1) is 10.2 Å². The minimum absolute atomic E-state index is 0.780. The molecule has 0 aliphatic heterocycles. The van der Waals surface area contributed by atoms with Crippen molar-refractivity contribution in [2.45, 2.75) is 24.6 Å². The largest absolute Gasteiger partial charge is 0.496 e. The van der Waals surface area contributed by atoms with Crippen LogP contribution in [-0.4, -0.2) is 22.3 Å². The molecule has 4 nitrogen and oxygen atoms in total. The third-order valence-corrected chi connectivity index (χ3v) is 4.57. The van der Waals surface area contributed by atoms with E-state index in [1.807, 2.05) is 56.4 Å². The van der Waals surface area contributed by atoms with Gasteiger partial charge in [-0.3, -0.25) is 4.98 Å². The molecule has 0 saturated carbocycles. The summed E-state index contributed by atoms with van der Waals surface area (Å²) in [7, 11) is 1.67. The summed E-state index contributed by atoms with van der Waals surface area (Å²) in [6, 6.07) is 14.1. The van der Waals surface area contributed by atoms with Crippen LogP contribution in [0.4, 0.5) is 0 Å². The summed E-state index contributed by atoms with van der Waals surface area (Å²) in [6.45, 7) is 4.07. The number of hydrogen-bond acceptors (Lipinski definition) is 5. The van der Waals surface area contributed by atoms with Crippen LogP contribution < -0.4 is 4.74 Å². The van der Waals surface area contributed by atoms with Crippen molar-refractivity contribution in [1.82, 2.24) is 15.2 Å². The predicted molar refractivity (Wildman–Crippen MR) is 97.3 cm³/mol. The molecule has 122 valence electrons. The molecule has 0 aliphatic carbocycles. The van der Waals surface area contributed by atoms with Gasteiger partial charge in [0.05, 0.1) is 18.5 Å². The van der Waals surface area contributed by atoms with E-state index < -0.39 is 0 Å². The Kier molecular flexibility index (Phi) is 5.11. The van der Waals surface area contributed by atoms with E-state index in [1.54, 1.807) is 18.9 Å². The Bertz CT molecular complexity index is 817. The highest BCUT2D eigenvalue weighted by atomic mass is 32.2. The van der Waals surface area contributed by atoms with Gasteiger partial charge >= 0.3 is 0 Å². The van der Waals surface area contributed by atoms with Gasteiger partial charge in [0.1, 0.15) is 10.8 Å². The second kappa shape index (κ2) is 7.45. The lowest BCUT2D eigenvalue weighted by molar-refractivity contribution is 0.416. The zero-order chi connectivity index (χ0) is 16.9. The van der Waals surface area contributed by atoms with Crippen molar-refractivity contribution in [2.75, 3.05) is 7.11 Å². The normalized spacial score (nSPS) is 10.6. The Hall–Kier alpha value is -2.40. The maximum absolute atomic E-state index is 5.44. The van der Waals surface area contributed by atoms with Crippen molar-refractivity contribution in [2.24, 2.45) is 0 Å². The molecule has 5 heteroatoms. The summed E-state index contributed by atoms with van der Waals surface area (Å²) in [5, 5.41) is 9.54. The van der Waals surface area contributed by atoms with Crippen molar-refractivity contribution in [3.63, 3.8) is 0 Å². The van der Waals surface area contributed by atoms with E-state index in [0.717, 1.165) is 39.0 Å². The third kappa shape index (κ3) is 3.92. The highest BCUT2D eigenvalue weighted by molar-refractivity contribution is 7.98. The number of benzene rings is 1. The molecular formula is C19H19N3OS. The van der Waals surface area contributed by atoms with E-state index in [1.165, 1.54) is 5.56 Å². The Balaban J connectivity index is 1.72. The summed E-state index contributed by atoms with van der Waals surface area (Å²) < 4.78 is 5.44. The van der Waals surface area contributed by atoms with E-state index >= 15 is 0 Å². The molecule has 3 aromatic rings. The van der Waals surface area contributed by atoms with Crippen molar-refractivity contribution >= 4 is 11.8 Å². The fourth-order valence-corrected chi connectivity index (χ4v) is 3.01. The van der Waals surface area contributed by atoms with Gasteiger partial charge in [0, 0.05) is 17.5 Å². The smallest absolute Gasteiger partial charge is 0.128 e. The maximum Gasteiger partial charge on any atom is 0.128 e. The van der Waals surface area contributed by atoms with Gasteiger partial charge in [0.25, 0.3) is 0 Å². The van der Waals surface area contributed by atoms with Crippen LogP contribution in [-0.2, 0) is 5.75 Å². The fraction of sp³-hybridized carbons (Fsp3) is 0.211. The number of methoxy groups -OCH3 is 1. The first-order valence-corrected chi connectivity index (χ1v) is 8.67. The lowest BCUT2D eigenvalue weighted by atomic mass is 10.1. The highest BCUT2D eigenvalue weighted by Crippen LogP contribution is 2.30. The molecule has 0 atom stereocenters. The van der Waals surface area contributed by atoms with Crippen molar-refractivity contribution in [1.29, 1.82) is 0 Å². The highest BCUT2D eigenvalue weighted by Gasteiger charge is 2.08. The third-order valence-electron chi connectivity index (χ3n) is 3.61. The minimum atomic E-state index is 0.780. The van der Waals surface area contributed by atoms with Crippen LogP contribution in [0.3, 0.4) is 0 Å². The quantitative estimate of drug-likeness (QED) is 0.644. The number of pyridine rings is 1. The molecular weight excluding hydrogens is 318 g/mol. The number of ether oxygens (including phenoxy) is 1. The Morgan fingerprint density at radius 3 is 2.46 bits per heavy atom. The van der Waals surface area contributed by atoms with Crippen molar-refractivity contribution < 1.29 is 4.74 Å². The Labute approximate surface area is 146 Å². The lowest BCUT2D eigenvalue weighted by Crippen LogP contribution is -1.94. The second-order valence-electron chi connectivity index (χ2n) is 5.58. The maximum atomic E-state index is 5.44. The molecule has 2 heterocycles. The van der Waals surface area contributed by atoms with Crippen LogP contribution in [0.2, 0.25) is 0 Å². The molecule has 1 aromatic carbocycles. The number of rotatable bonds is 5. The standard InChI is InChI=1S/C19H19N3OS/c1-13-5-7-16(18(10-13)23-3)17-8-9-19(22-21-17)24-12-15-6-4-14(2)11-20-15/h4-11H,12H2,1-3H3. The molecule has 0 N–H and O–H groups in total. The van der Waals surface area contributed by atoms with E-state index in [0.29, 0.717) is 0 Å². The molecule has 0 fully saturated rings. The van der Waals surface area contributed by atoms with Crippen LogP contribution in [0, 0.1) is 13.8 Å². The van der Waals surface area contributed by atoms with Crippen LogP contribution in [0.5, 0.6) is 5.75 Å². The summed E-state index contributed by atoms with van der Waals surface area (Å²) in [6.07, 6.45) is 1.88. The number of hydrogen-bond donors (Lipinski definition) is 0. The molecule has 3 rings (SSSR count). The van der Waals surface area contributed by atoms with E-state index in [9.17, 15) is 0 Å². The van der Waals surface area contributed by atoms with E-state index in [-0.39, 0.29) is 0 Å². The molecule has 0 radical (unpaired) electrons. The first kappa shape index (κ1) is 16.5. The van der Waals surface area contributed by atoms with E-state index in [4.69, 9.17) is 4.74 Å². The van der Waals surface area contributed by atoms with Crippen LogP contribution >= 0.6 is 11.8 Å². The van der Waals surface area contributed by atoms with Crippen LogP contribution in [0.1, 0.15) is 16.8 Å². The summed E-state index contributed by atoms with van der Waals surface area (Å²) >= 11 is 1.63. The molecule has 0 spiro atoms. The van der Waals surface area contributed by atoms with Crippen molar-refractivity contribution in [3.05, 3.63) is 65.5 Å². The predicted octanol–water partition coefficient (Wildman–Crippen LogP) is 4.46. The molecule has 0 saturated heterocycles. The molecule has 24 heavy (non-hydrogen) atoms. The first-order chi connectivity index (χ1) is 11.7. The number of aromatic nitrogens is 3. The first-order valence-electron chi connectivity index (χ1n) is 7.69. The van der Waals surface area contributed by atoms with Gasteiger partial charge < -0.3 is 4.74 Å². The molecule has 0 unspecified atom stereocenters. The summed E-state index contributed by atoms with van der Waals surface area (Å²) in [5.41, 5.74) is 5.12. The van der Waals surface area contributed by atoms with Gasteiger partial charge in [-0.25, -0.2) is 0 Å². The number of thioether (sulfide) groups is 1. The van der Waals surface area contributed by atoms with Gasteiger partial charge in [-0.2, -0.15) is 0 Å². The number of nitrogens with zero attached hydrogens (tertiary/aromatic N) is 3. The van der Waals surface area contributed by atoms with E-state index in [2.05, 4.69) is 21.2 Å². The molecule has 0 amide bonds. The number of aryl methyl sites for hydroxylation is 2.